The molecule has 1 aromatic carbocycles. The topological polar surface area (TPSA) is 71.5 Å². The van der Waals surface area contributed by atoms with Crippen LogP contribution in [0.1, 0.15) is 30.4 Å². The van der Waals surface area contributed by atoms with Crippen molar-refractivity contribution >= 4 is 11.4 Å². The number of hydrogen-bond donors (Lipinski definition) is 2. The first-order valence-electron chi connectivity index (χ1n) is 5.38. The van der Waals surface area contributed by atoms with Gasteiger partial charge in [0, 0.05) is 17.3 Å². The lowest BCUT2D eigenvalue weighted by atomic mass is 9.94. The van der Waals surface area contributed by atoms with Crippen molar-refractivity contribution in [2.75, 3.05) is 0 Å². The van der Waals surface area contributed by atoms with E-state index in [-0.39, 0.29) is 5.92 Å². The summed E-state index contributed by atoms with van der Waals surface area (Å²) in [6.07, 6.45) is 2.75. The van der Waals surface area contributed by atoms with Gasteiger partial charge in [-0.25, -0.2) is 0 Å². The van der Waals surface area contributed by atoms with E-state index in [1.807, 2.05) is 0 Å². The lowest BCUT2D eigenvalue weighted by molar-refractivity contribution is 0.809. The second kappa shape index (κ2) is 4.28. The van der Waals surface area contributed by atoms with Gasteiger partial charge < -0.3 is 10.8 Å². The summed E-state index contributed by atoms with van der Waals surface area (Å²) in [6.45, 7) is 0. The van der Waals surface area contributed by atoms with Crippen molar-refractivity contribution in [2.24, 2.45) is 5.92 Å². The molecule has 1 saturated carbocycles. The molecule has 0 bridgehead atoms. The van der Waals surface area contributed by atoms with Crippen LogP contribution < -0.4 is 0 Å². The molecule has 1 fully saturated rings. The van der Waals surface area contributed by atoms with Gasteiger partial charge in [0.15, 0.2) is 0 Å². The van der Waals surface area contributed by atoms with Gasteiger partial charge in [-0.05, 0) is 37.0 Å². The van der Waals surface area contributed by atoms with E-state index in [1.165, 1.54) is 0 Å². The minimum Gasteiger partial charge on any atom is -0.309 e. The number of hydrogen-bond acceptors (Lipinski definition) is 3. The van der Waals surface area contributed by atoms with Gasteiger partial charge in [-0.1, -0.05) is 12.1 Å². The number of nitrogens with one attached hydrogen (secondary N) is 2. The Labute approximate surface area is 94.7 Å². The van der Waals surface area contributed by atoms with Gasteiger partial charge in [0.25, 0.3) is 0 Å². The van der Waals surface area contributed by atoms with E-state index in [4.69, 9.17) is 16.1 Å². The van der Waals surface area contributed by atoms with E-state index in [2.05, 4.69) is 6.07 Å². The zero-order valence-corrected chi connectivity index (χ0v) is 8.96. The predicted octanol–water partition coefficient (Wildman–Crippen LogP) is 2.75. The van der Waals surface area contributed by atoms with Crippen molar-refractivity contribution in [2.45, 2.75) is 19.3 Å². The Kier molecular flexibility index (Phi) is 2.82. The second-order valence-corrected chi connectivity index (χ2v) is 4.07. The van der Waals surface area contributed by atoms with Crippen LogP contribution in [0.3, 0.4) is 0 Å². The van der Waals surface area contributed by atoms with Gasteiger partial charge in [0.1, 0.15) is 0 Å². The summed E-state index contributed by atoms with van der Waals surface area (Å²) in [4.78, 5) is 0. The summed E-state index contributed by atoms with van der Waals surface area (Å²) in [7, 11) is 0. The maximum absolute atomic E-state index is 8.68. The number of benzene rings is 1. The van der Waals surface area contributed by atoms with Crippen molar-refractivity contribution in [3.05, 3.63) is 35.4 Å². The van der Waals surface area contributed by atoms with Crippen molar-refractivity contribution in [1.82, 2.24) is 0 Å². The van der Waals surface area contributed by atoms with E-state index in [1.54, 1.807) is 24.3 Å². The third-order valence-corrected chi connectivity index (χ3v) is 3.03. The quantitative estimate of drug-likeness (QED) is 0.725. The normalized spacial score (nSPS) is 19.4. The highest BCUT2D eigenvalue weighted by atomic mass is 14.5. The summed E-state index contributed by atoms with van der Waals surface area (Å²) in [5.74, 6) is -0.00654. The van der Waals surface area contributed by atoms with E-state index >= 15 is 0 Å². The highest BCUT2D eigenvalue weighted by Crippen LogP contribution is 2.25. The largest absolute Gasteiger partial charge is 0.309 e. The average Bonchev–Trinajstić information content (AvgIpc) is 2.75. The van der Waals surface area contributed by atoms with Crippen LogP contribution in [0.4, 0.5) is 0 Å². The monoisotopic (exact) mass is 211 g/mol. The first-order chi connectivity index (χ1) is 7.72. The summed E-state index contributed by atoms with van der Waals surface area (Å²) in [5, 5.41) is 24.5. The molecule has 2 N–H and O–H groups in total. The SMILES string of the molecule is N#Cc1ccc(C(=N)C2CCCC2=N)cc1. The first-order valence-corrected chi connectivity index (χ1v) is 5.38. The number of nitrogens with zero attached hydrogens (tertiary/aromatic N) is 1. The fourth-order valence-electron chi connectivity index (χ4n) is 2.09. The van der Waals surface area contributed by atoms with Gasteiger partial charge in [-0.3, -0.25) is 0 Å². The number of rotatable bonds is 2. The van der Waals surface area contributed by atoms with Crippen molar-refractivity contribution < 1.29 is 0 Å². The third-order valence-electron chi connectivity index (χ3n) is 3.03. The molecule has 1 unspecified atom stereocenters. The molecule has 0 spiro atoms. The van der Waals surface area contributed by atoms with Crippen LogP contribution in [0.5, 0.6) is 0 Å². The Morgan fingerprint density at radius 1 is 1.31 bits per heavy atom. The van der Waals surface area contributed by atoms with E-state index in [0.29, 0.717) is 17.0 Å². The molecule has 3 nitrogen and oxygen atoms in total. The van der Waals surface area contributed by atoms with Crippen molar-refractivity contribution in [3.8, 4) is 6.07 Å². The van der Waals surface area contributed by atoms with Crippen LogP contribution in [0.25, 0.3) is 0 Å². The lowest BCUT2D eigenvalue weighted by Crippen LogP contribution is -2.18. The fourth-order valence-corrected chi connectivity index (χ4v) is 2.09. The van der Waals surface area contributed by atoms with Crippen molar-refractivity contribution in [3.63, 3.8) is 0 Å². The van der Waals surface area contributed by atoms with Gasteiger partial charge >= 0.3 is 0 Å². The minimum atomic E-state index is -0.00654. The maximum atomic E-state index is 8.68. The summed E-state index contributed by atoms with van der Waals surface area (Å²) in [6, 6.07) is 9.10. The van der Waals surface area contributed by atoms with E-state index < -0.39 is 0 Å². The molecule has 0 radical (unpaired) electrons. The fraction of sp³-hybridized carbons (Fsp3) is 0.308. The summed E-state index contributed by atoms with van der Waals surface area (Å²) < 4.78 is 0. The molecule has 3 heteroatoms. The van der Waals surface area contributed by atoms with Crippen LogP contribution in [-0.4, -0.2) is 11.4 Å². The molecule has 0 aliphatic heterocycles. The molecule has 2 rings (SSSR count). The van der Waals surface area contributed by atoms with Crippen molar-refractivity contribution in [1.29, 1.82) is 16.1 Å². The summed E-state index contributed by atoms with van der Waals surface area (Å²) >= 11 is 0. The van der Waals surface area contributed by atoms with E-state index in [9.17, 15) is 0 Å². The molecular weight excluding hydrogens is 198 g/mol. The molecule has 0 saturated heterocycles. The molecule has 1 aliphatic carbocycles. The van der Waals surface area contributed by atoms with Gasteiger partial charge in [0.05, 0.1) is 11.6 Å². The zero-order valence-electron chi connectivity index (χ0n) is 8.96. The molecule has 0 heterocycles. The van der Waals surface area contributed by atoms with Crippen LogP contribution in [0, 0.1) is 28.1 Å². The standard InChI is InChI=1S/C13H13N3/c14-8-9-4-6-10(7-5-9)13(16)11-2-1-3-12(11)15/h4-7,11,15-16H,1-3H2. The second-order valence-electron chi connectivity index (χ2n) is 4.07. The minimum absolute atomic E-state index is 0.00654. The van der Waals surface area contributed by atoms with Gasteiger partial charge in [-0.2, -0.15) is 5.26 Å². The molecule has 80 valence electrons. The van der Waals surface area contributed by atoms with Gasteiger partial charge in [0.2, 0.25) is 0 Å². The molecule has 1 aliphatic rings. The molecule has 1 aromatic rings. The predicted molar refractivity (Wildman–Crippen MR) is 63.1 cm³/mol. The van der Waals surface area contributed by atoms with Gasteiger partial charge in [-0.15, -0.1) is 0 Å². The highest BCUT2D eigenvalue weighted by molar-refractivity contribution is 6.13. The van der Waals surface area contributed by atoms with Crippen LogP contribution in [0.15, 0.2) is 24.3 Å². The van der Waals surface area contributed by atoms with Crippen LogP contribution in [-0.2, 0) is 0 Å². The maximum Gasteiger partial charge on any atom is 0.0991 e. The molecule has 0 amide bonds. The smallest absolute Gasteiger partial charge is 0.0991 e. The Bertz CT molecular complexity index is 465. The Balaban J connectivity index is 2.21. The highest BCUT2D eigenvalue weighted by Gasteiger charge is 2.25. The number of nitriles is 1. The Hall–Kier alpha value is -1.95. The molecule has 0 aromatic heterocycles. The zero-order chi connectivity index (χ0) is 11.5. The average molecular weight is 211 g/mol. The Morgan fingerprint density at radius 2 is 2.00 bits per heavy atom. The first kappa shape index (κ1) is 10.6. The summed E-state index contributed by atoms with van der Waals surface area (Å²) in [5.41, 5.74) is 2.63. The van der Waals surface area contributed by atoms with E-state index in [0.717, 1.165) is 24.8 Å². The Morgan fingerprint density at radius 3 is 2.50 bits per heavy atom. The molecule has 16 heavy (non-hydrogen) atoms. The lowest BCUT2D eigenvalue weighted by Gasteiger charge is -2.11. The molecule has 1 atom stereocenters. The van der Waals surface area contributed by atoms with Crippen LogP contribution >= 0.6 is 0 Å². The third kappa shape index (κ3) is 1.87. The molecular formula is C13H13N3. The van der Waals surface area contributed by atoms with Crippen LogP contribution in [0.2, 0.25) is 0 Å².